The fraction of sp³-hybridized carbons (Fsp3) is 0.200. The number of anilines is 2. The van der Waals surface area contributed by atoms with Gasteiger partial charge in [0.15, 0.2) is 0 Å². The lowest BCUT2D eigenvalue weighted by Crippen LogP contribution is -2.12. The molecule has 0 bridgehead atoms. The van der Waals surface area contributed by atoms with Crippen molar-refractivity contribution >= 4 is 11.4 Å². The molecule has 0 radical (unpaired) electrons. The van der Waals surface area contributed by atoms with Crippen molar-refractivity contribution in [2.45, 2.75) is 19.6 Å². The Morgan fingerprint density at radius 3 is 2.45 bits per heavy atom. The molecule has 2 rings (SSSR count). The zero-order valence-corrected chi connectivity index (χ0v) is 11.0. The Morgan fingerprint density at radius 2 is 1.80 bits per heavy atom. The quantitative estimate of drug-likeness (QED) is 0.827. The Kier molecular flexibility index (Phi) is 3.88. The van der Waals surface area contributed by atoms with Crippen LogP contribution in [0.4, 0.5) is 24.5 Å². The third-order valence-corrected chi connectivity index (χ3v) is 3.00. The summed E-state index contributed by atoms with van der Waals surface area (Å²) in [6.07, 6.45) is -4.35. The van der Waals surface area contributed by atoms with E-state index in [2.05, 4.69) is 5.32 Å². The van der Waals surface area contributed by atoms with Gasteiger partial charge in [0, 0.05) is 6.54 Å². The van der Waals surface area contributed by atoms with Gasteiger partial charge < -0.3 is 11.1 Å². The Balaban J connectivity index is 2.19. The number of rotatable bonds is 3. The molecule has 2 nitrogen and oxygen atoms in total. The van der Waals surface area contributed by atoms with Gasteiger partial charge in [-0.2, -0.15) is 13.2 Å². The molecule has 0 saturated heterocycles. The number of alkyl halides is 3. The standard InChI is InChI=1S/C15H15F3N2/c1-10-6-7-14(13(19)8-10)20-9-11-4-2-3-5-12(11)15(16,17)18/h2-8,20H,9,19H2,1H3. The second-order valence-corrected chi connectivity index (χ2v) is 4.60. The molecule has 0 aliphatic rings. The molecular weight excluding hydrogens is 265 g/mol. The summed E-state index contributed by atoms with van der Waals surface area (Å²) >= 11 is 0. The van der Waals surface area contributed by atoms with E-state index in [9.17, 15) is 13.2 Å². The number of aryl methyl sites for hydroxylation is 1. The van der Waals surface area contributed by atoms with Crippen molar-refractivity contribution in [3.63, 3.8) is 0 Å². The van der Waals surface area contributed by atoms with Gasteiger partial charge in [-0.25, -0.2) is 0 Å². The van der Waals surface area contributed by atoms with Gasteiger partial charge in [0.05, 0.1) is 16.9 Å². The van der Waals surface area contributed by atoms with Crippen LogP contribution >= 0.6 is 0 Å². The van der Waals surface area contributed by atoms with E-state index in [1.54, 1.807) is 18.2 Å². The van der Waals surface area contributed by atoms with Gasteiger partial charge in [-0.05, 0) is 36.2 Å². The fourth-order valence-electron chi connectivity index (χ4n) is 1.98. The molecule has 2 aromatic carbocycles. The molecule has 3 N–H and O–H groups in total. The van der Waals surface area contributed by atoms with Crippen LogP contribution in [-0.2, 0) is 12.7 Å². The van der Waals surface area contributed by atoms with E-state index in [4.69, 9.17) is 5.73 Å². The normalized spacial score (nSPS) is 11.4. The Labute approximate surface area is 115 Å². The minimum atomic E-state index is -4.35. The van der Waals surface area contributed by atoms with E-state index in [0.29, 0.717) is 11.4 Å². The van der Waals surface area contributed by atoms with E-state index in [-0.39, 0.29) is 12.1 Å². The molecule has 0 unspecified atom stereocenters. The molecule has 0 atom stereocenters. The summed E-state index contributed by atoms with van der Waals surface area (Å²) in [5.41, 5.74) is 7.55. The van der Waals surface area contributed by atoms with E-state index in [1.165, 1.54) is 12.1 Å². The van der Waals surface area contributed by atoms with Crippen LogP contribution in [0.5, 0.6) is 0 Å². The average Bonchev–Trinajstić information content (AvgIpc) is 2.37. The third-order valence-electron chi connectivity index (χ3n) is 3.00. The molecule has 0 aliphatic carbocycles. The third kappa shape index (κ3) is 3.23. The molecular formula is C15H15F3N2. The SMILES string of the molecule is Cc1ccc(NCc2ccccc2C(F)(F)F)c(N)c1. The predicted octanol–water partition coefficient (Wildman–Crippen LogP) is 4.21. The number of hydrogen-bond donors (Lipinski definition) is 2. The first-order valence-electron chi connectivity index (χ1n) is 6.13. The summed E-state index contributed by atoms with van der Waals surface area (Å²) in [5, 5.41) is 2.94. The van der Waals surface area contributed by atoms with E-state index in [1.807, 2.05) is 13.0 Å². The number of benzene rings is 2. The topological polar surface area (TPSA) is 38.0 Å². The van der Waals surface area contributed by atoms with Gasteiger partial charge in [0.25, 0.3) is 0 Å². The van der Waals surface area contributed by atoms with Crippen LogP contribution in [0.3, 0.4) is 0 Å². The van der Waals surface area contributed by atoms with Crippen molar-refractivity contribution in [2.24, 2.45) is 0 Å². The summed E-state index contributed by atoms with van der Waals surface area (Å²) in [4.78, 5) is 0. The molecule has 5 heteroatoms. The van der Waals surface area contributed by atoms with Crippen molar-refractivity contribution in [3.05, 3.63) is 59.2 Å². The average molecular weight is 280 g/mol. The second kappa shape index (κ2) is 5.45. The van der Waals surface area contributed by atoms with Crippen LogP contribution in [0.25, 0.3) is 0 Å². The van der Waals surface area contributed by atoms with Crippen LogP contribution in [0, 0.1) is 6.92 Å². The van der Waals surface area contributed by atoms with Gasteiger partial charge in [0.1, 0.15) is 0 Å². The maximum absolute atomic E-state index is 12.9. The zero-order chi connectivity index (χ0) is 14.8. The summed E-state index contributed by atoms with van der Waals surface area (Å²) in [6.45, 7) is 1.97. The Morgan fingerprint density at radius 1 is 1.10 bits per heavy atom. The van der Waals surface area contributed by atoms with Crippen LogP contribution in [-0.4, -0.2) is 0 Å². The monoisotopic (exact) mass is 280 g/mol. The first-order valence-corrected chi connectivity index (χ1v) is 6.13. The summed E-state index contributed by atoms with van der Waals surface area (Å²) < 4.78 is 38.6. The minimum absolute atomic E-state index is 0.0724. The van der Waals surface area contributed by atoms with Crippen molar-refractivity contribution < 1.29 is 13.2 Å². The molecule has 0 saturated carbocycles. The van der Waals surface area contributed by atoms with E-state index >= 15 is 0 Å². The van der Waals surface area contributed by atoms with Crippen molar-refractivity contribution in [2.75, 3.05) is 11.1 Å². The maximum atomic E-state index is 12.9. The second-order valence-electron chi connectivity index (χ2n) is 4.60. The Bertz CT molecular complexity index is 606. The molecule has 0 aliphatic heterocycles. The minimum Gasteiger partial charge on any atom is -0.397 e. The molecule has 20 heavy (non-hydrogen) atoms. The molecule has 0 fully saturated rings. The number of hydrogen-bond acceptors (Lipinski definition) is 2. The first-order chi connectivity index (χ1) is 9.38. The molecule has 106 valence electrons. The molecule has 0 amide bonds. The maximum Gasteiger partial charge on any atom is 0.416 e. The lowest BCUT2D eigenvalue weighted by Gasteiger charge is -2.15. The highest BCUT2D eigenvalue weighted by Gasteiger charge is 2.32. The summed E-state index contributed by atoms with van der Waals surface area (Å²) in [5.74, 6) is 0. The van der Waals surface area contributed by atoms with Crippen LogP contribution in [0.2, 0.25) is 0 Å². The lowest BCUT2D eigenvalue weighted by molar-refractivity contribution is -0.138. The van der Waals surface area contributed by atoms with Crippen LogP contribution < -0.4 is 11.1 Å². The van der Waals surface area contributed by atoms with Gasteiger partial charge in [0.2, 0.25) is 0 Å². The van der Waals surface area contributed by atoms with Crippen molar-refractivity contribution in [3.8, 4) is 0 Å². The van der Waals surface area contributed by atoms with Crippen molar-refractivity contribution in [1.29, 1.82) is 0 Å². The van der Waals surface area contributed by atoms with Crippen molar-refractivity contribution in [1.82, 2.24) is 0 Å². The zero-order valence-electron chi connectivity index (χ0n) is 11.0. The van der Waals surface area contributed by atoms with Gasteiger partial charge in [-0.15, -0.1) is 0 Å². The largest absolute Gasteiger partial charge is 0.416 e. The van der Waals surface area contributed by atoms with Gasteiger partial charge in [-0.3, -0.25) is 0 Å². The number of halogens is 3. The predicted molar refractivity (Wildman–Crippen MR) is 74.4 cm³/mol. The highest BCUT2D eigenvalue weighted by Crippen LogP contribution is 2.32. The van der Waals surface area contributed by atoms with Crippen LogP contribution in [0.15, 0.2) is 42.5 Å². The smallest absolute Gasteiger partial charge is 0.397 e. The first kappa shape index (κ1) is 14.2. The Hall–Kier alpha value is -2.17. The number of nitrogens with one attached hydrogen (secondary N) is 1. The van der Waals surface area contributed by atoms with Crippen LogP contribution in [0.1, 0.15) is 16.7 Å². The van der Waals surface area contributed by atoms with Gasteiger partial charge >= 0.3 is 6.18 Å². The highest BCUT2D eigenvalue weighted by molar-refractivity contribution is 5.67. The van der Waals surface area contributed by atoms with E-state index in [0.717, 1.165) is 11.6 Å². The summed E-state index contributed by atoms with van der Waals surface area (Å²) in [6, 6.07) is 10.9. The molecule has 0 aromatic heterocycles. The molecule has 2 aromatic rings. The summed E-state index contributed by atoms with van der Waals surface area (Å²) in [7, 11) is 0. The fourth-order valence-corrected chi connectivity index (χ4v) is 1.98. The highest BCUT2D eigenvalue weighted by atomic mass is 19.4. The lowest BCUT2D eigenvalue weighted by atomic mass is 10.1. The molecule has 0 heterocycles. The number of nitrogens with two attached hydrogens (primary N) is 1. The number of nitrogen functional groups attached to an aromatic ring is 1. The van der Waals surface area contributed by atoms with Gasteiger partial charge in [-0.1, -0.05) is 24.3 Å². The van der Waals surface area contributed by atoms with E-state index < -0.39 is 11.7 Å². The molecule has 0 spiro atoms.